The van der Waals surface area contributed by atoms with Gasteiger partial charge in [-0.3, -0.25) is 39.0 Å². The van der Waals surface area contributed by atoms with Crippen LogP contribution in [0.5, 0.6) is 11.5 Å². The monoisotopic (exact) mass is 1090 g/mol. The molecule has 0 bridgehead atoms. The lowest BCUT2D eigenvalue weighted by Gasteiger charge is -2.33. The number of hydrazine groups is 1. The average molecular weight is 1090 g/mol. The number of carbonyl (C=O) groups excluding carboxylic acids is 7. The number of benzene rings is 4. The van der Waals surface area contributed by atoms with E-state index in [9.17, 15) is 64.2 Å². The van der Waals surface area contributed by atoms with Crippen molar-refractivity contribution in [2.45, 2.75) is 133 Å². The van der Waals surface area contributed by atoms with Crippen molar-refractivity contribution in [2.75, 3.05) is 26.2 Å². The Hall–Kier alpha value is -7.47. The predicted molar refractivity (Wildman–Crippen MR) is 288 cm³/mol. The minimum absolute atomic E-state index is 0.0941. The Labute approximate surface area is 457 Å². The predicted octanol–water partition coefficient (Wildman–Crippen LogP) is 0.407. The molecule has 3 aliphatic heterocycles. The first-order valence-electron chi connectivity index (χ1n) is 26.7. The third-order valence-corrected chi connectivity index (χ3v) is 14.5. The van der Waals surface area contributed by atoms with E-state index in [-0.39, 0.29) is 43.7 Å². The number of ether oxygens (including phenoxy) is 1. The van der Waals surface area contributed by atoms with Gasteiger partial charge in [0.25, 0.3) is 11.8 Å². The van der Waals surface area contributed by atoms with Gasteiger partial charge >= 0.3 is 0 Å². The van der Waals surface area contributed by atoms with E-state index in [0.717, 1.165) is 57.1 Å². The summed E-state index contributed by atoms with van der Waals surface area (Å²) in [4.78, 5) is 101. The number of amides is 7. The second-order valence-corrected chi connectivity index (χ2v) is 20.6. The number of rotatable bonds is 14. The number of aromatic hydroxyl groups is 1. The van der Waals surface area contributed by atoms with Crippen molar-refractivity contribution in [2.24, 2.45) is 5.92 Å². The van der Waals surface area contributed by atoms with E-state index < -0.39 is 121 Å². The molecule has 0 aromatic heterocycles. The number of nitrogens with one attached hydrogen (secondary N) is 6. The first-order chi connectivity index (χ1) is 37.7. The fraction of sp³-hybridized carbons (Fsp3) is 0.456. The zero-order valence-electron chi connectivity index (χ0n) is 44.6. The summed E-state index contributed by atoms with van der Waals surface area (Å²) >= 11 is 0. The molecule has 7 rings (SSSR count). The van der Waals surface area contributed by atoms with Crippen molar-refractivity contribution in [3.05, 3.63) is 108 Å². The molecule has 0 spiro atoms. The molecule has 22 nitrogen and oxygen atoms in total. The molecule has 4 aromatic rings. The number of unbranched alkanes of at least 4 members (excludes halogenated alkanes) is 2. The first-order valence-corrected chi connectivity index (χ1v) is 26.7. The van der Waals surface area contributed by atoms with Crippen molar-refractivity contribution in [1.82, 2.24) is 41.9 Å². The summed E-state index contributed by atoms with van der Waals surface area (Å²) in [5.41, 5.74) is 9.31. The van der Waals surface area contributed by atoms with E-state index in [1.54, 1.807) is 31.2 Å². The Bertz CT molecular complexity index is 2760. The molecule has 4 aromatic carbocycles. The maximum atomic E-state index is 14.4. The highest BCUT2D eigenvalue weighted by Gasteiger charge is 2.49. The van der Waals surface area contributed by atoms with E-state index in [1.807, 2.05) is 48.5 Å². The number of fused-ring (bicyclic) bond motifs is 2. The quantitative estimate of drug-likeness (QED) is 0.0761. The Balaban J connectivity index is 1.13. The molecule has 3 fully saturated rings. The second kappa shape index (κ2) is 26.9. The molecule has 0 radical (unpaired) electrons. The summed E-state index contributed by atoms with van der Waals surface area (Å²) in [6.45, 7) is 5.87. The highest BCUT2D eigenvalue weighted by Crippen LogP contribution is 2.29. The van der Waals surface area contributed by atoms with Crippen molar-refractivity contribution in [1.29, 1.82) is 0 Å². The number of hydrogen-bond acceptors (Lipinski definition) is 15. The zero-order chi connectivity index (χ0) is 57.1. The van der Waals surface area contributed by atoms with Crippen molar-refractivity contribution >= 4 is 41.4 Å². The highest BCUT2D eigenvalue weighted by molar-refractivity contribution is 6.00. The average Bonchev–Trinajstić information content (AvgIpc) is 4.02. The Kier molecular flexibility index (Phi) is 20.2. The van der Waals surface area contributed by atoms with Crippen LogP contribution in [0.3, 0.4) is 0 Å². The fourth-order valence-electron chi connectivity index (χ4n) is 9.97. The summed E-state index contributed by atoms with van der Waals surface area (Å²) in [5, 5.41) is 75.6. The molecule has 3 aliphatic rings. The molecule has 79 heavy (non-hydrogen) atoms. The molecule has 3 saturated heterocycles. The zero-order valence-corrected chi connectivity index (χ0v) is 44.6. The third-order valence-electron chi connectivity index (χ3n) is 14.5. The van der Waals surface area contributed by atoms with Gasteiger partial charge in [0.15, 0.2) is 0 Å². The van der Waals surface area contributed by atoms with Crippen LogP contribution in [0.25, 0.3) is 22.3 Å². The maximum absolute atomic E-state index is 14.4. The second-order valence-electron chi connectivity index (χ2n) is 20.6. The molecule has 22 heteroatoms. The van der Waals surface area contributed by atoms with Gasteiger partial charge in [0.2, 0.25) is 29.5 Å². The Morgan fingerprint density at radius 2 is 1.23 bits per heavy atom. The molecule has 3 heterocycles. The molecule has 12 atom stereocenters. The lowest BCUT2D eigenvalue weighted by atomic mass is 9.99. The summed E-state index contributed by atoms with van der Waals surface area (Å²) in [6.07, 6.45) is -5.52. The van der Waals surface area contributed by atoms with Crippen LogP contribution in [0.15, 0.2) is 97.1 Å². The minimum Gasteiger partial charge on any atom is -0.508 e. The lowest BCUT2D eigenvalue weighted by molar-refractivity contribution is -0.147. The van der Waals surface area contributed by atoms with E-state index in [2.05, 4.69) is 39.0 Å². The van der Waals surface area contributed by atoms with Crippen molar-refractivity contribution in [3.8, 4) is 33.8 Å². The van der Waals surface area contributed by atoms with Gasteiger partial charge in [-0.1, -0.05) is 87.4 Å². The largest absolute Gasteiger partial charge is 0.508 e. The maximum Gasteiger partial charge on any atom is 0.259 e. The van der Waals surface area contributed by atoms with E-state index in [1.165, 1.54) is 38.1 Å². The smallest absolute Gasteiger partial charge is 0.259 e. The lowest BCUT2D eigenvalue weighted by Crippen LogP contribution is -2.64. The first kappa shape index (κ1) is 59.2. The summed E-state index contributed by atoms with van der Waals surface area (Å²) < 4.78 is 5.85. The molecule has 424 valence electrons. The van der Waals surface area contributed by atoms with Gasteiger partial charge in [-0.05, 0) is 90.9 Å². The van der Waals surface area contributed by atoms with Crippen LogP contribution in [0.4, 0.5) is 0 Å². The van der Waals surface area contributed by atoms with Crippen LogP contribution in [0, 0.1) is 5.92 Å². The fourth-order valence-corrected chi connectivity index (χ4v) is 9.97. The number of phenolic OH excluding ortho intramolecular Hbond substituents is 1. The van der Waals surface area contributed by atoms with Crippen LogP contribution < -0.4 is 36.9 Å². The molecule has 0 aliphatic carbocycles. The van der Waals surface area contributed by atoms with E-state index in [0.29, 0.717) is 12.2 Å². The topological polar surface area (TPSA) is 329 Å². The number of hydrogen-bond donors (Lipinski definition) is 12. The molecule has 2 unspecified atom stereocenters. The molecule has 7 amide bonds. The van der Waals surface area contributed by atoms with Gasteiger partial charge in [-0.25, -0.2) is 5.43 Å². The normalized spacial score (nSPS) is 25.8. The number of aliphatic hydroxyl groups is 5. The van der Waals surface area contributed by atoms with Crippen molar-refractivity contribution in [3.63, 3.8) is 0 Å². The van der Waals surface area contributed by atoms with E-state index >= 15 is 0 Å². The van der Waals surface area contributed by atoms with Gasteiger partial charge in [0.05, 0.1) is 37.1 Å². The number of aliphatic hydroxyl groups excluding tert-OH is 5. The standard InChI is InChI=1S/C57H72N8O14/c1-5-6-7-26-79-42-22-18-38(19-23-42)36-12-10-35(11-13-36)37-14-16-39(17-15-37)51(72)59-43-24-25-58-63-55(76)49-50(71)31(2)29-65(49)57(78)47(33(4)67)61-54(75)48(45(70)27-34-8-20-40(68)21-9-34)62-53(74)44-28-41(69)30-64(44)56(77)46(32(3)66)60-52(43)73/h8-23,31-33,41,43-50,58,66-71H,5-7,24-30H2,1-4H3,(H,59,72)(H,60,73)(H,61,75)(H,62,74)(H,63,76)/t31-,32?,33?,41+,43-,44-,45+,46-,47-,48-,49-,50-/m0/s1. The third kappa shape index (κ3) is 14.8. The summed E-state index contributed by atoms with van der Waals surface area (Å²) in [6, 6.07) is 17.8. The number of carbonyl (C=O) groups is 7. The van der Waals surface area contributed by atoms with Gasteiger partial charge in [-0.2, -0.15) is 0 Å². The minimum atomic E-state index is -1.92. The van der Waals surface area contributed by atoms with Crippen molar-refractivity contribution < 1.29 is 68.9 Å². The molecule has 0 saturated carbocycles. The SMILES string of the molecule is CCCCCOc1ccc(-c2ccc(-c3ccc(C(=O)N[C@H]4CCNNC(=O)[C@@H]5[C@@H](O)[C@@H](C)CN5C(=O)[C@H](C(C)O)NC(=O)[C@H]([C@H](O)Cc5ccc(O)cc5)NC(=O)[C@@H]5C[C@@H](O)CN5C(=O)[C@H](C(C)O)NC4=O)cc3)cc2)cc1. The van der Waals surface area contributed by atoms with Crippen LogP contribution in [-0.2, 0) is 35.2 Å². The van der Waals surface area contributed by atoms with Crippen LogP contribution in [-0.4, -0.2) is 175 Å². The number of nitrogens with zero attached hydrogens (tertiary/aromatic N) is 2. The molecular formula is C57H72N8O14. The van der Waals surface area contributed by atoms with Crippen LogP contribution in [0.1, 0.15) is 75.7 Å². The van der Waals surface area contributed by atoms with Gasteiger partial charge < -0.3 is 66.4 Å². The van der Waals surface area contributed by atoms with Crippen LogP contribution in [0.2, 0.25) is 0 Å². The Morgan fingerprint density at radius 1 is 0.684 bits per heavy atom. The Morgan fingerprint density at radius 3 is 1.81 bits per heavy atom. The molecule has 12 N–H and O–H groups in total. The van der Waals surface area contributed by atoms with Crippen LogP contribution >= 0.6 is 0 Å². The van der Waals surface area contributed by atoms with Gasteiger partial charge in [-0.15, -0.1) is 0 Å². The summed E-state index contributed by atoms with van der Waals surface area (Å²) in [5.74, 6) is -6.82. The van der Waals surface area contributed by atoms with Gasteiger partial charge in [0.1, 0.15) is 47.8 Å². The number of phenols is 1. The summed E-state index contributed by atoms with van der Waals surface area (Å²) in [7, 11) is 0. The van der Waals surface area contributed by atoms with E-state index in [4.69, 9.17) is 4.74 Å². The highest BCUT2D eigenvalue weighted by atomic mass is 16.5. The molecular weight excluding hydrogens is 1020 g/mol. The van der Waals surface area contributed by atoms with Gasteiger partial charge in [0, 0.05) is 44.0 Å².